The Bertz CT molecular complexity index is 899. The quantitative estimate of drug-likeness (QED) is 0.385. The highest BCUT2D eigenvalue weighted by Gasteiger charge is 2.19. The van der Waals surface area contributed by atoms with Gasteiger partial charge in [0.1, 0.15) is 11.3 Å². The third kappa shape index (κ3) is 7.25. The third-order valence-corrected chi connectivity index (χ3v) is 3.66. The zero-order valence-electron chi connectivity index (χ0n) is 17.6. The van der Waals surface area contributed by atoms with E-state index in [9.17, 15) is 14.4 Å². The van der Waals surface area contributed by atoms with Crippen LogP contribution < -0.4 is 9.47 Å². The molecule has 2 aromatic rings. The highest BCUT2D eigenvalue weighted by atomic mass is 16.6. The minimum absolute atomic E-state index is 0.00992. The first-order valence-corrected chi connectivity index (χ1v) is 9.69. The van der Waals surface area contributed by atoms with E-state index in [0.717, 1.165) is 0 Å². The van der Waals surface area contributed by atoms with E-state index < -0.39 is 24.5 Å². The molecule has 1 aromatic carbocycles. The summed E-state index contributed by atoms with van der Waals surface area (Å²) >= 11 is 0. The second kappa shape index (κ2) is 12.1. The van der Waals surface area contributed by atoms with Crippen molar-refractivity contribution in [3.8, 4) is 23.0 Å². The molecular formula is C21H24N2O8. The number of ether oxygens (including phenoxy) is 5. The van der Waals surface area contributed by atoms with Crippen molar-refractivity contribution in [3.63, 3.8) is 0 Å². The standard InChI is InChI=1S/C21H24N2O8/c1-4-27-17(24)12-30-15-9-7-14(8-10-15)19-22-11-16(21(26)29-6-3)20(23-19)31-13-18(25)28-5-2/h7-11H,4-6,12-13H2,1-3H3. The van der Waals surface area contributed by atoms with E-state index in [4.69, 9.17) is 23.7 Å². The summed E-state index contributed by atoms with van der Waals surface area (Å²) in [6, 6.07) is 6.62. The molecule has 0 spiro atoms. The van der Waals surface area contributed by atoms with Crippen LogP contribution in [0.4, 0.5) is 0 Å². The third-order valence-electron chi connectivity index (χ3n) is 3.66. The highest BCUT2D eigenvalue weighted by molar-refractivity contribution is 5.91. The Morgan fingerprint density at radius 1 is 0.806 bits per heavy atom. The molecule has 10 nitrogen and oxygen atoms in total. The molecule has 0 aliphatic heterocycles. The summed E-state index contributed by atoms with van der Waals surface area (Å²) in [4.78, 5) is 43.6. The topological polar surface area (TPSA) is 123 Å². The number of carbonyl (C=O) groups excluding carboxylic acids is 3. The maximum atomic E-state index is 12.1. The molecule has 2 rings (SSSR count). The average molecular weight is 432 g/mol. The number of rotatable bonds is 11. The molecule has 1 aromatic heterocycles. The van der Waals surface area contributed by atoms with Crippen molar-refractivity contribution in [2.45, 2.75) is 20.8 Å². The van der Waals surface area contributed by atoms with Crippen LogP contribution in [0.3, 0.4) is 0 Å². The molecule has 0 radical (unpaired) electrons. The molecule has 31 heavy (non-hydrogen) atoms. The van der Waals surface area contributed by atoms with Gasteiger partial charge in [-0.3, -0.25) is 0 Å². The van der Waals surface area contributed by atoms with Crippen molar-refractivity contribution >= 4 is 17.9 Å². The Hall–Kier alpha value is -3.69. The van der Waals surface area contributed by atoms with Gasteiger partial charge in [-0.05, 0) is 45.0 Å². The number of aromatic nitrogens is 2. The van der Waals surface area contributed by atoms with Gasteiger partial charge in [-0.15, -0.1) is 0 Å². The van der Waals surface area contributed by atoms with E-state index in [1.807, 2.05) is 0 Å². The lowest BCUT2D eigenvalue weighted by atomic mass is 10.2. The molecule has 0 saturated heterocycles. The average Bonchev–Trinajstić information content (AvgIpc) is 2.77. The molecule has 0 fully saturated rings. The van der Waals surface area contributed by atoms with Crippen molar-refractivity contribution in [3.05, 3.63) is 36.0 Å². The fourth-order valence-electron chi connectivity index (χ4n) is 2.34. The number of esters is 3. The van der Waals surface area contributed by atoms with Gasteiger partial charge in [0.2, 0.25) is 5.88 Å². The molecule has 10 heteroatoms. The molecule has 0 atom stereocenters. The molecule has 0 bridgehead atoms. The van der Waals surface area contributed by atoms with Gasteiger partial charge >= 0.3 is 17.9 Å². The molecular weight excluding hydrogens is 408 g/mol. The van der Waals surface area contributed by atoms with E-state index in [1.54, 1.807) is 45.0 Å². The minimum atomic E-state index is -0.671. The van der Waals surface area contributed by atoms with Crippen molar-refractivity contribution in [2.24, 2.45) is 0 Å². The Kier molecular flexibility index (Phi) is 9.21. The van der Waals surface area contributed by atoms with Crippen LogP contribution in [0.25, 0.3) is 11.4 Å². The van der Waals surface area contributed by atoms with Gasteiger partial charge in [-0.2, -0.15) is 4.98 Å². The van der Waals surface area contributed by atoms with Crippen LogP contribution in [-0.2, 0) is 23.8 Å². The summed E-state index contributed by atoms with van der Waals surface area (Å²) in [5, 5.41) is 0. The van der Waals surface area contributed by atoms with Gasteiger partial charge < -0.3 is 23.7 Å². The second-order valence-corrected chi connectivity index (χ2v) is 5.84. The molecule has 1 heterocycles. The molecule has 0 aliphatic rings. The van der Waals surface area contributed by atoms with Crippen LogP contribution in [0.1, 0.15) is 31.1 Å². The smallest absolute Gasteiger partial charge is 0.345 e. The van der Waals surface area contributed by atoms with E-state index >= 15 is 0 Å². The largest absolute Gasteiger partial charge is 0.482 e. The monoisotopic (exact) mass is 432 g/mol. The molecule has 0 saturated carbocycles. The predicted octanol–water partition coefficient (Wildman–Crippen LogP) is 2.20. The summed E-state index contributed by atoms with van der Waals surface area (Å²) in [5.74, 6) is -1.12. The number of hydrogen-bond donors (Lipinski definition) is 0. The molecule has 0 unspecified atom stereocenters. The summed E-state index contributed by atoms with van der Waals surface area (Å²) in [6.07, 6.45) is 1.27. The summed E-state index contributed by atoms with van der Waals surface area (Å²) in [7, 11) is 0. The van der Waals surface area contributed by atoms with Gasteiger partial charge in [0.05, 0.1) is 19.8 Å². The van der Waals surface area contributed by atoms with E-state index in [2.05, 4.69) is 9.97 Å². The number of carbonyl (C=O) groups is 3. The highest BCUT2D eigenvalue weighted by Crippen LogP contribution is 2.24. The number of hydrogen-bond acceptors (Lipinski definition) is 10. The summed E-state index contributed by atoms with van der Waals surface area (Å²) < 4.78 is 25.3. The fourth-order valence-corrected chi connectivity index (χ4v) is 2.34. The fraction of sp³-hybridized carbons (Fsp3) is 0.381. The van der Waals surface area contributed by atoms with Crippen molar-refractivity contribution < 1.29 is 38.1 Å². The summed E-state index contributed by atoms with van der Waals surface area (Å²) in [6.45, 7) is 5.06. The van der Waals surface area contributed by atoms with Crippen LogP contribution in [0.2, 0.25) is 0 Å². The molecule has 0 amide bonds. The second-order valence-electron chi connectivity index (χ2n) is 5.84. The first-order valence-electron chi connectivity index (χ1n) is 9.69. The van der Waals surface area contributed by atoms with Crippen LogP contribution in [-0.4, -0.2) is 60.9 Å². The van der Waals surface area contributed by atoms with E-state index in [0.29, 0.717) is 11.3 Å². The van der Waals surface area contributed by atoms with Crippen LogP contribution in [0.5, 0.6) is 11.6 Å². The van der Waals surface area contributed by atoms with E-state index in [-0.39, 0.29) is 43.7 Å². The van der Waals surface area contributed by atoms with Crippen LogP contribution in [0.15, 0.2) is 30.5 Å². The van der Waals surface area contributed by atoms with Crippen molar-refractivity contribution in [1.82, 2.24) is 9.97 Å². The van der Waals surface area contributed by atoms with Crippen LogP contribution >= 0.6 is 0 Å². The normalized spacial score (nSPS) is 10.2. The lowest BCUT2D eigenvalue weighted by Crippen LogP contribution is -2.18. The Morgan fingerprint density at radius 3 is 1.97 bits per heavy atom. The Morgan fingerprint density at radius 2 is 1.39 bits per heavy atom. The van der Waals surface area contributed by atoms with Crippen molar-refractivity contribution in [2.75, 3.05) is 33.0 Å². The van der Waals surface area contributed by atoms with Gasteiger partial charge in [-0.25, -0.2) is 19.4 Å². The first kappa shape index (κ1) is 23.6. The SMILES string of the molecule is CCOC(=O)COc1ccc(-c2ncc(C(=O)OCC)c(OCC(=O)OCC)n2)cc1. The van der Waals surface area contributed by atoms with Gasteiger partial charge in [-0.1, -0.05) is 0 Å². The van der Waals surface area contributed by atoms with Gasteiger partial charge in [0.25, 0.3) is 0 Å². The Balaban J connectivity index is 2.19. The maximum Gasteiger partial charge on any atom is 0.345 e. The number of benzene rings is 1. The lowest BCUT2D eigenvalue weighted by Gasteiger charge is -2.11. The zero-order valence-corrected chi connectivity index (χ0v) is 17.6. The van der Waals surface area contributed by atoms with Gasteiger partial charge in [0.15, 0.2) is 19.0 Å². The maximum absolute atomic E-state index is 12.1. The minimum Gasteiger partial charge on any atom is -0.482 e. The number of nitrogens with zero attached hydrogens (tertiary/aromatic N) is 2. The Labute approximate surface area is 179 Å². The zero-order chi connectivity index (χ0) is 22.6. The predicted molar refractivity (Wildman–Crippen MR) is 108 cm³/mol. The van der Waals surface area contributed by atoms with Crippen LogP contribution in [0, 0.1) is 0 Å². The molecule has 0 N–H and O–H groups in total. The first-order chi connectivity index (χ1) is 15.0. The van der Waals surface area contributed by atoms with Gasteiger partial charge in [0, 0.05) is 11.8 Å². The lowest BCUT2D eigenvalue weighted by molar-refractivity contribution is -0.146. The summed E-state index contributed by atoms with van der Waals surface area (Å²) in [5.41, 5.74) is 0.587. The van der Waals surface area contributed by atoms with Crippen molar-refractivity contribution in [1.29, 1.82) is 0 Å². The van der Waals surface area contributed by atoms with E-state index in [1.165, 1.54) is 6.20 Å². The molecule has 166 valence electrons. The molecule has 0 aliphatic carbocycles.